The maximum Gasteiger partial charge on any atom is 0.382 e. The van der Waals surface area contributed by atoms with Gasteiger partial charge in [0.25, 0.3) is 0 Å². The van der Waals surface area contributed by atoms with Crippen molar-refractivity contribution in [2.45, 2.75) is 60.4 Å². The summed E-state index contributed by atoms with van der Waals surface area (Å²) in [6.07, 6.45) is 2.22. The number of amides is 1. The number of carbonyl (C=O) groups excluding carboxylic acids is 3. The number of aliphatic hydroxyl groups excluding tert-OH is 1. The number of allylic oxidation sites excluding steroid dienone is 1. The highest BCUT2D eigenvalue weighted by molar-refractivity contribution is 7.54. The van der Waals surface area contributed by atoms with Crippen molar-refractivity contribution in [1.82, 2.24) is 5.32 Å². The van der Waals surface area contributed by atoms with Crippen LogP contribution in [0.2, 0.25) is 0 Å². The van der Waals surface area contributed by atoms with E-state index in [1.807, 2.05) is 0 Å². The molecule has 0 saturated carbocycles. The Bertz CT molecular complexity index is 951. The molecule has 2 atom stereocenters. The van der Waals surface area contributed by atoms with Gasteiger partial charge in [-0.1, -0.05) is 23.8 Å². The fourth-order valence-corrected chi connectivity index (χ4v) is 4.19. The van der Waals surface area contributed by atoms with Gasteiger partial charge in [0.15, 0.2) is 0 Å². The van der Waals surface area contributed by atoms with E-state index >= 15 is 0 Å². The third-order valence-electron chi connectivity index (χ3n) is 4.75. The second kappa shape index (κ2) is 14.8. The molecule has 1 amide bonds. The van der Waals surface area contributed by atoms with E-state index in [0.29, 0.717) is 17.6 Å². The van der Waals surface area contributed by atoms with Gasteiger partial charge < -0.3 is 24.4 Å². The Morgan fingerprint density at radius 3 is 2.28 bits per heavy atom. The maximum absolute atomic E-state index is 13.4. The molecule has 1 aromatic rings. The van der Waals surface area contributed by atoms with E-state index in [2.05, 4.69) is 5.32 Å². The lowest BCUT2D eigenvalue weighted by atomic mass is 9.98. The van der Waals surface area contributed by atoms with Crippen LogP contribution in [0.15, 0.2) is 35.9 Å². The van der Waals surface area contributed by atoms with Crippen LogP contribution in [0.4, 0.5) is 0 Å². The largest absolute Gasteiger partial charge is 0.464 e. The van der Waals surface area contributed by atoms with Gasteiger partial charge in [0.2, 0.25) is 12.7 Å². The molecule has 2 unspecified atom stereocenters. The number of hydrogen-bond donors (Lipinski definition) is 2. The number of esters is 2. The Kier molecular flexibility index (Phi) is 12.9. The molecule has 11 heteroatoms. The van der Waals surface area contributed by atoms with Crippen molar-refractivity contribution in [1.29, 1.82) is 0 Å². The van der Waals surface area contributed by atoms with E-state index in [1.165, 1.54) is 6.92 Å². The molecule has 0 aliphatic rings. The second-order valence-corrected chi connectivity index (χ2v) is 11.3. The van der Waals surface area contributed by atoms with Crippen LogP contribution in [-0.4, -0.2) is 55.2 Å². The summed E-state index contributed by atoms with van der Waals surface area (Å²) in [7, 11) is -3.74. The highest BCUT2D eigenvalue weighted by Crippen LogP contribution is 2.49. The van der Waals surface area contributed by atoms with Crippen molar-refractivity contribution in [2.75, 3.05) is 26.2 Å². The van der Waals surface area contributed by atoms with Crippen LogP contribution in [0, 0.1) is 5.41 Å². The van der Waals surface area contributed by atoms with E-state index in [9.17, 15) is 18.9 Å². The fourth-order valence-electron chi connectivity index (χ4n) is 2.81. The average Bonchev–Trinajstić information content (AvgIpc) is 2.79. The van der Waals surface area contributed by atoms with Crippen molar-refractivity contribution in [3.63, 3.8) is 0 Å². The van der Waals surface area contributed by atoms with Gasteiger partial charge in [-0.2, -0.15) is 0 Å². The molecule has 0 saturated heterocycles. The zero-order valence-corrected chi connectivity index (χ0v) is 22.8. The molecule has 0 fully saturated rings. The van der Waals surface area contributed by atoms with Gasteiger partial charge in [-0.25, -0.2) is 9.36 Å². The molecule has 0 bridgehead atoms. The van der Waals surface area contributed by atoms with Crippen molar-refractivity contribution < 1.29 is 42.6 Å². The molecule has 0 radical (unpaired) electrons. The third-order valence-corrected chi connectivity index (χ3v) is 6.55. The van der Waals surface area contributed by atoms with E-state index in [1.54, 1.807) is 65.0 Å². The van der Waals surface area contributed by atoms with Gasteiger partial charge in [-0.3, -0.25) is 14.1 Å². The summed E-state index contributed by atoms with van der Waals surface area (Å²) in [5, 5.41) is 11.7. The minimum Gasteiger partial charge on any atom is -0.464 e. The van der Waals surface area contributed by atoms with Gasteiger partial charge in [-0.05, 0) is 58.7 Å². The monoisotopic (exact) mass is 527 g/mol. The topological polar surface area (TPSA) is 137 Å². The number of benzene rings is 1. The minimum atomic E-state index is -3.74. The molecule has 36 heavy (non-hydrogen) atoms. The number of hydrogen-bond acceptors (Lipinski definition) is 9. The first kappa shape index (κ1) is 31.4. The van der Waals surface area contributed by atoms with Crippen molar-refractivity contribution in [3.05, 3.63) is 41.5 Å². The zero-order chi connectivity index (χ0) is 27.4. The molecule has 0 aliphatic heterocycles. The number of aliphatic hydroxyl groups is 1. The molecule has 1 rings (SSSR count). The fraction of sp³-hybridized carbons (Fsp3) is 0.560. The Balaban J connectivity index is 2.95. The number of carbonyl (C=O) groups is 3. The normalized spacial score (nSPS) is 14.4. The first-order chi connectivity index (χ1) is 16.8. The minimum absolute atomic E-state index is 0.00732. The summed E-state index contributed by atoms with van der Waals surface area (Å²) in [5.41, 5.74) is 0.676. The van der Waals surface area contributed by atoms with Crippen LogP contribution in [0.3, 0.4) is 0 Å². The average molecular weight is 528 g/mol. The second-order valence-electron chi connectivity index (χ2n) is 9.21. The molecule has 1 aromatic carbocycles. The standard InChI is InChI=1S/C25H38NO9P/c1-7-32-23(29)22(26-19(3)28)15-20-10-12-21(13-11-20)35-36(31,14-8-9-18(2)16-27)34-17-33-24(30)25(4,5)6/h9-13,22,27H,7-8,14-17H2,1-6H3,(H,26,28)/b18-9+. The zero-order valence-electron chi connectivity index (χ0n) is 21.9. The Labute approximate surface area is 212 Å². The van der Waals surface area contributed by atoms with Gasteiger partial charge in [0.05, 0.1) is 24.8 Å². The van der Waals surface area contributed by atoms with Crippen LogP contribution in [0.5, 0.6) is 5.75 Å². The Morgan fingerprint density at radius 2 is 1.75 bits per heavy atom. The van der Waals surface area contributed by atoms with Crippen LogP contribution >= 0.6 is 7.60 Å². The maximum atomic E-state index is 13.4. The number of rotatable bonds is 14. The van der Waals surface area contributed by atoms with E-state index in [0.717, 1.165) is 0 Å². The van der Waals surface area contributed by atoms with Gasteiger partial charge in [0.1, 0.15) is 11.8 Å². The van der Waals surface area contributed by atoms with Gasteiger partial charge in [0, 0.05) is 13.3 Å². The SMILES string of the molecule is CCOC(=O)C(Cc1ccc(OP(=O)(CC/C=C(\C)CO)OCOC(=O)C(C)(C)C)cc1)NC(C)=O. The number of nitrogens with one attached hydrogen (secondary N) is 1. The van der Waals surface area contributed by atoms with Gasteiger partial charge in [-0.15, -0.1) is 0 Å². The van der Waals surface area contributed by atoms with E-state index in [-0.39, 0.29) is 37.5 Å². The van der Waals surface area contributed by atoms with Crippen molar-refractivity contribution >= 4 is 25.4 Å². The van der Waals surface area contributed by atoms with E-state index in [4.69, 9.17) is 23.6 Å². The molecule has 0 spiro atoms. The summed E-state index contributed by atoms with van der Waals surface area (Å²) in [4.78, 5) is 35.6. The molecule has 0 aromatic heterocycles. The van der Waals surface area contributed by atoms with Crippen molar-refractivity contribution in [3.8, 4) is 5.75 Å². The summed E-state index contributed by atoms with van der Waals surface area (Å²) in [6.45, 7) is 9.33. The van der Waals surface area contributed by atoms with Crippen LogP contribution in [0.1, 0.15) is 53.5 Å². The molecular formula is C25H38NO9P. The first-order valence-electron chi connectivity index (χ1n) is 11.7. The Hall–Kier alpha value is -2.68. The molecule has 0 aliphatic carbocycles. The highest BCUT2D eigenvalue weighted by atomic mass is 31.2. The highest BCUT2D eigenvalue weighted by Gasteiger charge is 2.29. The molecule has 2 N–H and O–H groups in total. The summed E-state index contributed by atoms with van der Waals surface area (Å²) >= 11 is 0. The lowest BCUT2D eigenvalue weighted by Gasteiger charge is -2.21. The molecule has 10 nitrogen and oxygen atoms in total. The molecule has 202 valence electrons. The lowest BCUT2D eigenvalue weighted by molar-refractivity contribution is -0.159. The number of ether oxygens (including phenoxy) is 2. The molecular weight excluding hydrogens is 489 g/mol. The third kappa shape index (κ3) is 11.8. The summed E-state index contributed by atoms with van der Waals surface area (Å²) in [6, 6.07) is 5.63. The quantitative estimate of drug-likeness (QED) is 0.160. The molecule has 0 heterocycles. The Morgan fingerprint density at radius 1 is 1.11 bits per heavy atom. The lowest BCUT2D eigenvalue weighted by Crippen LogP contribution is -2.42. The van der Waals surface area contributed by atoms with Crippen LogP contribution in [-0.2, 0) is 39.4 Å². The van der Waals surface area contributed by atoms with Crippen LogP contribution in [0.25, 0.3) is 0 Å². The summed E-state index contributed by atoms with van der Waals surface area (Å²) < 4.78 is 34.6. The smallest absolute Gasteiger partial charge is 0.382 e. The van der Waals surface area contributed by atoms with Gasteiger partial charge >= 0.3 is 19.5 Å². The summed E-state index contributed by atoms with van der Waals surface area (Å²) in [5.74, 6) is -1.16. The predicted molar refractivity (Wildman–Crippen MR) is 134 cm³/mol. The van der Waals surface area contributed by atoms with E-state index < -0.39 is 37.8 Å². The van der Waals surface area contributed by atoms with Crippen LogP contribution < -0.4 is 9.84 Å². The predicted octanol–water partition coefficient (Wildman–Crippen LogP) is 3.76. The van der Waals surface area contributed by atoms with Crippen molar-refractivity contribution in [2.24, 2.45) is 5.41 Å². The first-order valence-corrected chi connectivity index (χ1v) is 13.4.